The molecular formula is C68H68O4S12Si5. The van der Waals surface area contributed by atoms with Crippen LogP contribution in [0.5, 0.6) is 0 Å². The van der Waals surface area contributed by atoms with Crippen LogP contribution < -0.4 is 18.0 Å². The van der Waals surface area contributed by atoms with Crippen molar-refractivity contribution in [2.45, 2.75) is 101 Å². The highest BCUT2D eigenvalue weighted by Gasteiger charge is 2.42. The predicted molar refractivity (Wildman–Crippen MR) is 418 cm³/mol. The average molecular weight is 1470 g/mol. The molecule has 0 bridgehead atoms. The van der Waals surface area contributed by atoms with E-state index >= 15 is 0 Å². The normalized spacial score (nSPS) is 12.6. The topological polar surface area (TPSA) is 68.3 Å². The number of aldehydes is 4. The maximum absolute atomic E-state index is 11.6. The van der Waals surface area contributed by atoms with Crippen LogP contribution >= 0.6 is 136 Å². The van der Waals surface area contributed by atoms with Gasteiger partial charge in [0.25, 0.3) is 0 Å². The molecule has 0 saturated heterocycles. The molecule has 21 heteroatoms. The van der Waals surface area contributed by atoms with Crippen LogP contribution in [-0.4, -0.2) is 65.5 Å². The first kappa shape index (κ1) is 65.2. The summed E-state index contributed by atoms with van der Waals surface area (Å²) in [7, 11) is -9.80. The number of hydrogen-bond acceptors (Lipinski definition) is 16. The fourth-order valence-corrected chi connectivity index (χ4v) is 52.6. The van der Waals surface area contributed by atoms with E-state index < -0.39 is 40.4 Å². The van der Waals surface area contributed by atoms with E-state index in [1.807, 2.05) is 115 Å². The van der Waals surface area contributed by atoms with Gasteiger partial charge in [0.15, 0.2) is 25.1 Å². The summed E-state index contributed by atoms with van der Waals surface area (Å²) in [4.78, 5) is 69.6. The van der Waals surface area contributed by atoms with Crippen molar-refractivity contribution < 1.29 is 19.2 Å². The average Bonchev–Trinajstić information content (AvgIpc) is 2.23. The Balaban J connectivity index is 0.860. The fraction of sp³-hybridized carbons (Fsp3) is 0.235. The largest absolute Gasteiger partial charge is 0.297 e. The lowest BCUT2D eigenvalue weighted by Crippen LogP contribution is -2.49. The molecule has 0 fully saturated rings. The van der Waals surface area contributed by atoms with Crippen LogP contribution in [0.1, 0.15) is 38.7 Å². The van der Waals surface area contributed by atoms with E-state index in [1.54, 1.807) is 63.3 Å². The molecule has 0 N–H and O–H groups in total. The SMILES string of the molecule is C[Si](C)(CC[Si](CC[Si](C)(C)c1ccc(-c2ccc(-c3ccc(C=O)s3)s2)s1)(CC[Si](C)(C)c1ccc(-c2ccc(-c3ccc(C=O)s3)s2)s1)CC[Si](C)(C)c1ccc(-c2ccc(-c3ccc(C=O)s3)s2)s1)c1ccc(-c2ccc(-c3ccc(C=O)s3)s2)s1. The van der Waals surface area contributed by atoms with Crippen LogP contribution in [0.2, 0.25) is 101 Å². The van der Waals surface area contributed by atoms with Crippen LogP contribution in [-0.2, 0) is 0 Å². The smallest absolute Gasteiger partial charge is 0.160 e. The molecular weight excluding hydrogens is 1410 g/mol. The van der Waals surface area contributed by atoms with Crippen molar-refractivity contribution >= 4 is 220 Å². The van der Waals surface area contributed by atoms with Gasteiger partial charge in [0, 0.05) is 78.0 Å². The number of carbonyl (C=O) groups excluding carboxylic acids is 4. The summed E-state index contributed by atoms with van der Waals surface area (Å²) in [5.74, 6) is 0. The standard InChI is InChI=1S/C68H68O4S12Si5/c1-85(2,65-29-25-61(81-65)57-21-17-53(77-57)49-13-9-45(41-69)73-49)33-37-89(38-34-86(3,4)66-30-26-62(82-66)58-22-18-54(78-58)50-14-10-46(42-70)74-50,39-35-87(5,6)67-31-27-63(83-67)59-23-19-55(79-59)51-15-11-47(43-71)75-51)40-36-88(7,8)68-32-28-64(84-68)60-24-20-56(80-60)52-16-12-48(44-72)76-52/h9-32,41-44H,33-40H2,1-8H3. The second-order valence-corrected chi connectivity index (χ2v) is 64.4. The third kappa shape index (κ3) is 14.8. The van der Waals surface area contributed by atoms with Gasteiger partial charge < -0.3 is 0 Å². The van der Waals surface area contributed by atoms with E-state index in [1.165, 1.54) is 107 Å². The maximum atomic E-state index is 11.6. The number of thiophene rings is 12. The summed E-state index contributed by atoms with van der Waals surface area (Å²) in [5, 5.41) is 0. The molecule has 0 saturated carbocycles. The van der Waals surface area contributed by atoms with Crippen molar-refractivity contribution in [3.05, 3.63) is 165 Å². The number of hydrogen-bond donors (Lipinski definition) is 0. The zero-order valence-corrected chi connectivity index (χ0v) is 65.7. The Kier molecular flexibility index (Phi) is 20.0. The first-order valence-corrected chi connectivity index (χ1v) is 55.2. The lowest BCUT2D eigenvalue weighted by Gasteiger charge is -2.40. The predicted octanol–water partition coefficient (Wildman–Crippen LogP) is 23.2. The van der Waals surface area contributed by atoms with Crippen molar-refractivity contribution in [1.29, 1.82) is 0 Å². The van der Waals surface area contributed by atoms with E-state index in [0.29, 0.717) is 0 Å². The summed E-state index contributed by atoms with van der Waals surface area (Å²) in [6.45, 7) is 21.3. The van der Waals surface area contributed by atoms with Crippen LogP contribution in [0.4, 0.5) is 0 Å². The molecule has 12 aromatic rings. The highest BCUT2D eigenvalue weighted by atomic mass is 32.1. The molecule has 4 nitrogen and oxygen atoms in total. The summed E-state index contributed by atoms with van der Waals surface area (Å²) >= 11 is 21.8. The monoisotopic (exact) mass is 1470 g/mol. The molecule has 0 aliphatic heterocycles. The molecule has 0 spiro atoms. The summed E-state index contributed by atoms with van der Waals surface area (Å²) in [6, 6.07) is 64.3. The van der Waals surface area contributed by atoms with Crippen molar-refractivity contribution in [2.75, 3.05) is 0 Å². The van der Waals surface area contributed by atoms with Crippen molar-refractivity contribution in [3.8, 4) is 78.0 Å². The first-order valence-electron chi connectivity index (χ1n) is 29.8. The molecule has 0 aromatic carbocycles. The molecule has 456 valence electrons. The minimum Gasteiger partial charge on any atom is -0.297 e. The highest BCUT2D eigenvalue weighted by molar-refractivity contribution is 7.35. The van der Waals surface area contributed by atoms with E-state index in [0.717, 1.165) is 64.2 Å². The van der Waals surface area contributed by atoms with Crippen molar-refractivity contribution in [2.24, 2.45) is 0 Å². The zero-order valence-electron chi connectivity index (χ0n) is 50.9. The van der Waals surface area contributed by atoms with Crippen LogP contribution in [0.3, 0.4) is 0 Å². The molecule has 0 radical (unpaired) electrons. The summed E-state index contributed by atoms with van der Waals surface area (Å²) < 4.78 is 6.42. The van der Waals surface area contributed by atoms with Gasteiger partial charge in [0.05, 0.1) is 59.9 Å². The van der Waals surface area contributed by atoms with E-state index in [-0.39, 0.29) is 0 Å². The Bertz CT molecular complexity index is 3890. The number of rotatable bonds is 28. The zero-order chi connectivity index (χ0) is 62.3. The van der Waals surface area contributed by atoms with Gasteiger partial charge in [-0.15, -0.1) is 136 Å². The van der Waals surface area contributed by atoms with Gasteiger partial charge in [-0.05, 0) is 139 Å². The van der Waals surface area contributed by atoms with Crippen molar-refractivity contribution in [1.82, 2.24) is 0 Å². The fourth-order valence-electron chi connectivity index (χ4n) is 11.5. The molecule has 12 aromatic heterocycles. The molecule has 0 unspecified atom stereocenters. The second kappa shape index (κ2) is 27.2. The first-order chi connectivity index (χ1) is 42.7. The Morgan fingerprint density at radius 2 is 0.371 bits per heavy atom. The second-order valence-electron chi connectivity index (χ2n) is 25.6. The summed E-state index contributed by atoms with van der Waals surface area (Å²) in [6.07, 6.45) is 3.82. The van der Waals surface area contributed by atoms with Gasteiger partial charge in [-0.25, -0.2) is 0 Å². The molecule has 12 rings (SSSR count). The van der Waals surface area contributed by atoms with Crippen LogP contribution in [0.25, 0.3) is 78.0 Å². The third-order valence-electron chi connectivity index (χ3n) is 17.6. The van der Waals surface area contributed by atoms with Gasteiger partial charge in [-0.3, -0.25) is 19.2 Å². The van der Waals surface area contributed by atoms with E-state index in [2.05, 4.69) is 174 Å². The van der Waals surface area contributed by atoms with Crippen LogP contribution in [0, 0.1) is 0 Å². The maximum Gasteiger partial charge on any atom is 0.160 e. The molecule has 0 atom stereocenters. The molecule has 12 heterocycles. The Morgan fingerprint density at radius 3 is 0.551 bits per heavy atom. The summed E-state index contributed by atoms with van der Waals surface area (Å²) in [5.41, 5.74) is 0. The Morgan fingerprint density at radius 1 is 0.213 bits per heavy atom. The molecule has 0 aliphatic carbocycles. The van der Waals surface area contributed by atoms with Gasteiger partial charge in [-0.1, -0.05) is 125 Å². The third-order valence-corrected chi connectivity index (χ3v) is 58.2. The minimum absolute atomic E-state index is 0.769. The van der Waals surface area contributed by atoms with Gasteiger partial charge in [0.2, 0.25) is 0 Å². The Labute approximate surface area is 576 Å². The minimum atomic E-state index is -2.07. The molecule has 89 heavy (non-hydrogen) atoms. The van der Waals surface area contributed by atoms with Crippen molar-refractivity contribution in [3.63, 3.8) is 0 Å². The molecule has 0 aliphatic rings. The quantitative estimate of drug-likeness (QED) is 0.0362. The number of carbonyl (C=O) groups is 4. The lowest BCUT2D eigenvalue weighted by molar-refractivity contribution is 0.111. The van der Waals surface area contributed by atoms with Gasteiger partial charge in [-0.2, -0.15) is 0 Å². The molecule has 0 amide bonds. The van der Waals surface area contributed by atoms with E-state index in [9.17, 15) is 19.2 Å². The highest BCUT2D eigenvalue weighted by Crippen LogP contribution is 2.46. The lowest BCUT2D eigenvalue weighted by atomic mass is 10.3. The van der Waals surface area contributed by atoms with E-state index in [4.69, 9.17) is 0 Å². The Hall–Kier alpha value is -3.84. The van der Waals surface area contributed by atoms with Crippen LogP contribution in [0.15, 0.2) is 146 Å². The van der Waals surface area contributed by atoms with Gasteiger partial charge in [0.1, 0.15) is 0 Å². The van der Waals surface area contributed by atoms with Gasteiger partial charge >= 0.3 is 0 Å².